The van der Waals surface area contributed by atoms with Crippen LogP contribution in [0.15, 0.2) is 145 Å². The molecule has 298 valence electrons. The van der Waals surface area contributed by atoms with Crippen LogP contribution >= 0.6 is 0 Å². The monoisotopic (exact) mass is 796 g/mol. The molecule has 62 heavy (non-hydrogen) atoms. The second-order valence-corrected chi connectivity index (χ2v) is 19.2. The number of allylic oxidation sites excluding steroid dienone is 2. The third kappa shape index (κ3) is 5.19. The van der Waals surface area contributed by atoms with E-state index in [1.807, 2.05) is 0 Å². The van der Waals surface area contributed by atoms with Gasteiger partial charge in [-0.25, -0.2) is 0 Å². The molecule has 4 heteroatoms. The van der Waals surface area contributed by atoms with Crippen molar-refractivity contribution >= 4 is 91.5 Å². The van der Waals surface area contributed by atoms with Crippen LogP contribution in [-0.2, 0) is 0 Å². The largest absolute Gasteiger partial charge is 0.311 e. The minimum atomic E-state index is 0.103. The van der Waals surface area contributed by atoms with Gasteiger partial charge in [0.05, 0.1) is 0 Å². The Balaban J connectivity index is 1.16. The van der Waals surface area contributed by atoms with Crippen molar-refractivity contribution in [2.45, 2.75) is 79.1 Å². The summed E-state index contributed by atoms with van der Waals surface area (Å²) in [6, 6.07) is 52.9. The smallest absolute Gasteiger partial charge is 0.248 e. The molecule has 0 aromatic heterocycles. The normalized spacial score (nSPS) is 16.6. The van der Waals surface area contributed by atoms with E-state index in [9.17, 15) is 0 Å². The van der Waals surface area contributed by atoms with Gasteiger partial charge in [0.15, 0.2) is 0 Å². The zero-order chi connectivity index (χ0) is 41.4. The van der Waals surface area contributed by atoms with Gasteiger partial charge in [0, 0.05) is 34.1 Å². The third-order valence-corrected chi connectivity index (χ3v) is 15.3. The first-order valence-electron chi connectivity index (χ1n) is 23.2. The minimum Gasteiger partial charge on any atom is -0.311 e. The average Bonchev–Trinajstić information content (AvgIpc) is 4.03. The molecule has 0 bridgehead atoms. The van der Waals surface area contributed by atoms with Gasteiger partial charge in [-0.3, -0.25) is 0 Å². The highest BCUT2D eigenvalue weighted by atomic mass is 15.2. The molecule has 0 saturated heterocycles. The SMILES string of the molecule is Cc1ccc(N2c3cc4c(cc3B3c5ccc(C)cc5C(=C5CCCC5)c5cccc2c53)B2c3ccc(C)cc3C(=C3CCCC3)c3cccc(c32)N4c2ccc(C)cc2)cc1. The molecule has 2 aliphatic carbocycles. The second-order valence-electron chi connectivity index (χ2n) is 19.2. The molecule has 4 heterocycles. The first kappa shape index (κ1) is 36.4. The Bertz CT molecular complexity index is 2910. The first-order chi connectivity index (χ1) is 30.4. The molecule has 13 rings (SSSR count). The van der Waals surface area contributed by atoms with Gasteiger partial charge in [-0.1, -0.05) is 135 Å². The van der Waals surface area contributed by atoms with Crippen molar-refractivity contribution in [3.05, 3.63) is 189 Å². The minimum absolute atomic E-state index is 0.103. The highest BCUT2D eigenvalue weighted by Gasteiger charge is 2.47. The van der Waals surface area contributed by atoms with Gasteiger partial charge in [-0.05, 0) is 177 Å². The van der Waals surface area contributed by atoms with Gasteiger partial charge >= 0.3 is 0 Å². The van der Waals surface area contributed by atoms with E-state index in [0.717, 1.165) is 0 Å². The molecule has 0 atom stereocenters. The Kier molecular flexibility index (Phi) is 8.00. The van der Waals surface area contributed by atoms with Crippen LogP contribution in [-0.4, -0.2) is 13.4 Å². The van der Waals surface area contributed by atoms with Crippen molar-refractivity contribution in [2.24, 2.45) is 0 Å². The predicted octanol–water partition coefficient (Wildman–Crippen LogP) is 10.9. The molecule has 2 saturated carbocycles. The third-order valence-electron chi connectivity index (χ3n) is 15.3. The second kappa shape index (κ2) is 13.6. The molecule has 0 amide bonds. The molecule has 0 N–H and O–H groups in total. The predicted molar refractivity (Wildman–Crippen MR) is 266 cm³/mol. The van der Waals surface area contributed by atoms with E-state index >= 15 is 0 Å². The topological polar surface area (TPSA) is 6.48 Å². The molecular formula is C58H50B2N2. The quantitative estimate of drug-likeness (QED) is 0.161. The van der Waals surface area contributed by atoms with Crippen molar-refractivity contribution in [3.63, 3.8) is 0 Å². The molecule has 7 aromatic carbocycles. The van der Waals surface area contributed by atoms with Crippen molar-refractivity contribution in [1.29, 1.82) is 0 Å². The highest BCUT2D eigenvalue weighted by Crippen LogP contribution is 2.47. The molecule has 0 unspecified atom stereocenters. The Morgan fingerprint density at radius 1 is 0.355 bits per heavy atom. The number of rotatable bonds is 2. The van der Waals surface area contributed by atoms with E-state index in [-0.39, 0.29) is 13.4 Å². The van der Waals surface area contributed by atoms with Gasteiger partial charge < -0.3 is 9.80 Å². The molecule has 0 spiro atoms. The van der Waals surface area contributed by atoms with Gasteiger partial charge in [0.1, 0.15) is 0 Å². The van der Waals surface area contributed by atoms with Crippen molar-refractivity contribution in [3.8, 4) is 0 Å². The van der Waals surface area contributed by atoms with Crippen LogP contribution in [0.25, 0.3) is 11.1 Å². The Labute approximate surface area is 367 Å². The summed E-state index contributed by atoms with van der Waals surface area (Å²) in [5, 5.41) is 0. The van der Waals surface area contributed by atoms with E-state index in [1.54, 1.807) is 11.1 Å². The van der Waals surface area contributed by atoms with Crippen LogP contribution in [0.3, 0.4) is 0 Å². The fourth-order valence-electron chi connectivity index (χ4n) is 12.6. The van der Waals surface area contributed by atoms with Crippen molar-refractivity contribution in [2.75, 3.05) is 9.80 Å². The summed E-state index contributed by atoms with van der Waals surface area (Å²) < 4.78 is 0. The molecular weight excluding hydrogens is 746 g/mol. The Hall–Kier alpha value is -6.25. The standard InChI is InChI=1S/C58H50B2N2/c1-35-19-25-41(26-20-35)61-51-17-9-15-43-55(39-11-5-6-12-39)45-31-37(3)23-29-47(45)59(57(43)51)49-33-50-54(34-53(49)61)62(42-27-21-36(2)22-28-42)52-18-10-16-44-56(40-13-7-8-14-40)46-32-38(4)24-30-48(46)60(50)58(44)52/h9-10,15-34H,5-8,11-14H2,1-4H3. The maximum atomic E-state index is 2.69. The molecule has 2 fully saturated rings. The fourth-order valence-corrected chi connectivity index (χ4v) is 12.6. The summed E-state index contributed by atoms with van der Waals surface area (Å²) in [6.07, 6.45) is 9.90. The van der Waals surface area contributed by atoms with Crippen molar-refractivity contribution in [1.82, 2.24) is 0 Å². The number of fused-ring (bicyclic) bond motifs is 8. The molecule has 6 aliphatic rings. The zero-order valence-corrected chi connectivity index (χ0v) is 36.4. The van der Waals surface area contributed by atoms with Gasteiger partial charge in [-0.15, -0.1) is 0 Å². The summed E-state index contributed by atoms with van der Waals surface area (Å²) in [5.41, 5.74) is 33.5. The lowest BCUT2D eigenvalue weighted by Gasteiger charge is -2.45. The first-order valence-corrected chi connectivity index (χ1v) is 23.2. The molecule has 0 radical (unpaired) electrons. The average molecular weight is 797 g/mol. The van der Waals surface area contributed by atoms with E-state index < -0.39 is 0 Å². The molecule has 2 nitrogen and oxygen atoms in total. The fraction of sp³-hybridized carbons (Fsp3) is 0.207. The lowest BCUT2D eigenvalue weighted by molar-refractivity contribution is 0.886. The molecule has 4 aliphatic heterocycles. The lowest BCUT2D eigenvalue weighted by atomic mass is 9.28. The molecule has 7 aromatic rings. The number of hydrogen-bond acceptors (Lipinski definition) is 2. The van der Waals surface area contributed by atoms with Crippen LogP contribution in [0, 0.1) is 27.7 Å². The zero-order valence-electron chi connectivity index (χ0n) is 36.4. The summed E-state index contributed by atoms with van der Waals surface area (Å²) in [5.74, 6) is 0. The van der Waals surface area contributed by atoms with Crippen LogP contribution in [0.4, 0.5) is 34.1 Å². The summed E-state index contributed by atoms with van der Waals surface area (Å²) in [6.45, 7) is 9.16. The number of anilines is 6. The summed E-state index contributed by atoms with van der Waals surface area (Å²) >= 11 is 0. The Morgan fingerprint density at radius 3 is 1.18 bits per heavy atom. The van der Waals surface area contributed by atoms with Gasteiger partial charge in [-0.2, -0.15) is 0 Å². The van der Waals surface area contributed by atoms with Gasteiger partial charge in [0.25, 0.3) is 0 Å². The van der Waals surface area contributed by atoms with E-state index in [4.69, 9.17) is 0 Å². The number of benzene rings is 7. The summed E-state index contributed by atoms with van der Waals surface area (Å²) in [4.78, 5) is 5.22. The summed E-state index contributed by atoms with van der Waals surface area (Å²) in [7, 11) is 0. The maximum absolute atomic E-state index is 2.69. The van der Waals surface area contributed by atoms with E-state index in [0.29, 0.717) is 0 Å². The van der Waals surface area contributed by atoms with Gasteiger partial charge in [0.2, 0.25) is 13.4 Å². The number of aryl methyl sites for hydroxylation is 4. The van der Waals surface area contributed by atoms with E-state index in [1.165, 1.54) is 174 Å². The lowest BCUT2D eigenvalue weighted by Crippen LogP contribution is -2.65. The number of hydrogen-bond donors (Lipinski definition) is 0. The van der Waals surface area contributed by atoms with Crippen LogP contribution in [0.5, 0.6) is 0 Å². The Morgan fingerprint density at radius 2 is 0.758 bits per heavy atom. The van der Waals surface area contributed by atoms with Crippen LogP contribution in [0.2, 0.25) is 0 Å². The highest BCUT2D eigenvalue weighted by molar-refractivity contribution is 7.02. The number of nitrogens with zero attached hydrogens (tertiary/aromatic N) is 2. The van der Waals surface area contributed by atoms with Crippen molar-refractivity contribution < 1.29 is 0 Å². The maximum Gasteiger partial charge on any atom is 0.248 e. The van der Waals surface area contributed by atoms with Crippen LogP contribution < -0.4 is 42.6 Å². The van der Waals surface area contributed by atoms with E-state index in [2.05, 4.69) is 171 Å². The van der Waals surface area contributed by atoms with Crippen LogP contribution in [0.1, 0.15) is 95.9 Å².